The van der Waals surface area contributed by atoms with Crippen LogP contribution < -0.4 is 0 Å². The second kappa shape index (κ2) is 3.02. The molecule has 2 aromatic heterocycles. The molecule has 1 atom stereocenters. The van der Waals surface area contributed by atoms with Crippen LogP contribution >= 0.6 is 0 Å². The topological polar surface area (TPSA) is 66.7 Å². The van der Waals surface area contributed by atoms with E-state index in [1.165, 1.54) is 0 Å². The smallest absolute Gasteiger partial charge is 0.153 e. The number of aliphatic hydroxyl groups excluding tert-OH is 1. The van der Waals surface area contributed by atoms with Gasteiger partial charge in [0.15, 0.2) is 6.10 Å². The molecule has 0 bridgehead atoms. The Labute approximate surface area is 75.0 Å². The second-order valence-electron chi connectivity index (χ2n) is 2.81. The van der Waals surface area contributed by atoms with Crippen LogP contribution in [-0.2, 0) is 7.05 Å². The summed E-state index contributed by atoms with van der Waals surface area (Å²) in [5.41, 5.74) is 0.648. The first-order valence-electron chi connectivity index (χ1n) is 3.93. The Morgan fingerprint density at radius 3 is 2.92 bits per heavy atom. The summed E-state index contributed by atoms with van der Waals surface area (Å²) >= 11 is 0. The van der Waals surface area contributed by atoms with E-state index < -0.39 is 6.10 Å². The molecule has 0 aliphatic carbocycles. The van der Waals surface area contributed by atoms with Crippen molar-refractivity contribution in [2.75, 3.05) is 0 Å². The lowest BCUT2D eigenvalue weighted by Gasteiger charge is -2.07. The number of aromatic amines is 1. The van der Waals surface area contributed by atoms with Crippen LogP contribution in [0.15, 0.2) is 24.7 Å². The van der Waals surface area contributed by atoms with Crippen molar-refractivity contribution in [1.82, 2.24) is 19.7 Å². The van der Waals surface area contributed by atoms with Crippen molar-refractivity contribution in [2.24, 2.45) is 7.05 Å². The third kappa shape index (κ3) is 1.33. The Bertz CT molecular complexity index is 379. The lowest BCUT2D eigenvalue weighted by Crippen LogP contribution is -2.07. The van der Waals surface area contributed by atoms with Gasteiger partial charge in [0, 0.05) is 25.6 Å². The van der Waals surface area contributed by atoms with Crippen LogP contribution in [-0.4, -0.2) is 24.9 Å². The van der Waals surface area contributed by atoms with Gasteiger partial charge in [-0.25, -0.2) is 4.98 Å². The summed E-state index contributed by atoms with van der Waals surface area (Å²) in [6.45, 7) is 0. The van der Waals surface area contributed by atoms with E-state index >= 15 is 0 Å². The SMILES string of the molecule is Cn1ccnc1C(O)c1ccn[nH]1. The van der Waals surface area contributed by atoms with Crippen LogP contribution in [0.2, 0.25) is 0 Å². The summed E-state index contributed by atoms with van der Waals surface area (Å²) in [6, 6.07) is 1.72. The largest absolute Gasteiger partial charge is 0.379 e. The lowest BCUT2D eigenvalue weighted by atomic mass is 10.2. The maximum Gasteiger partial charge on any atom is 0.153 e. The molecule has 13 heavy (non-hydrogen) atoms. The number of hydrogen-bond donors (Lipinski definition) is 2. The first kappa shape index (κ1) is 8.00. The van der Waals surface area contributed by atoms with E-state index in [0.29, 0.717) is 11.5 Å². The van der Waals surface area contributed by atoms with Gasteiger partial charge in [0.25, 0.3) is 0 Å². The molecule has 0 aliphatic rings. The van der Waals surface area contributed by atoms with Gasteiger partial charge >= 0.3 is 0 Å². The molecule has 0 saturated carbocycles. The van der Waals surface area contributed by atoms with Crippen molar-refractivity contribution in [3.63, 3.8) is 0 Å². The van der Waals surface area contributed by atoms with E-state index in [4.69, 9.17) is 0 Å². The second-order valence-corrected chi connectivity index (χ2v) is 2.81. The number of imidazole rings is 1. The van der Waals surface area contributed by atoms with Gasteiger partial charge in [0.05, 0.1) is 5.69 Å². The van der Waals surface area contributed by atoms with Crippen LogP contribution in [0.5, 0.6) is 0 Å². The number of aromatic nitrogens is 4. The van der Waals surface area contributed by atoms with Gasteiger partial charge in [-0.15, -0.1) is 0 Å². The van der Waals surface area contributed by atoms with Gasteiger partial charge in [-0.2, -0.15) is 5.10 Å². The normalized spacial score (nSPS) is 13.1. The highest BCUT2D eigenvalue weighted by Crippen LogP contribution is 2.16. The molecule has 0 amide bonds. The molecule has 0 aliphatic heterocycles. The molecular formula is C8H10N4O. The molecule has 0 saturated heterocycles. The van der Waals surface area contributed by atoms with Crippen molar-refractivity contribution < 1.29 is 5.11 Å². The van der Waals surface area contributed by atoms with Crippen LogP contribution in [0.3, 0.4) is 0 Å². The predicted octanol–water partition coefficient (Wildman–Crippen LogP) is 0.225. The van der Waals surface area contributed by atoms with Crippen molar-refractivity contribution in [3.05, 3.63) is 36.2 Å². The minimum atomic E-state index is -0.734. The monoisotopic (exact) mass is 178 g/mol. The van der Waals surface area contributed by atoms with Gasteiger partial charge in [-0.3, -0.25) is 5.10 Å². The van der Waals surface area contributed by atoms with Crippen LogP contribution in [0.1, 0.15) is 17.6 Å². The number of rotatable bonds is 2. The Kier molecular flexibility index (Phi) is 1.86. The molecular weight excluding hydrogens is 168 g/mol. The molecule has 0 fully saturated rings. The summed E-state index contributed by atoms with van der Waals surface area (Å²) in [5, 5.41) is 16.3. The zero-order chi connectivity index (χ0) is 9.26. The first-order valence-corrected chi connectivity index (χ1v) is 3.93. The number of aliphatic hydroxyl groups is 1. The maximum atomic E-state index is 9.80. The zero-order valence-corrected chi connectivity index (χ0v) is 7.18. The Balaban J connectivity index is 2.33. The summed E-state index contributed by atoms with van der Waals surface area (Å²) in [5.74, 6) is 0.601. The third-order valence-corrected chi connectivity index (χ3v) is 1.92. The van der Waals surface area contributed by atoms with Crippen molar-refractivity contribution >= 4 is 0 Å². The van der Waals surface area contributed by atoms with E-state index in [0.717, 1.165) is 0 Å². The fraction of sp³-hybridized carbons (Fsp3) is 0.250. The minimum Gasteiger partial charge on any atom is -0.379 e. The molecule has 2 rings (SSSR count). The van der Waals surface area contributed by atoms with Crippen LogP contribution in [0, 0.1) is 0 Å². The summed E-state index contributed by atoms with van der Waals surface area (Å²) < 4.78 is 1.77. The number of hydrogen-bond acceptors (Lipinski definition) is 3. The molecule has 2 heterocycles. The van der Waals surface area contributed by atoms with E-state index in [-0.39, 0.29) is 0 Å². The number of aryl methyl sites for hydroxylation is 1. The van der Waals surface area contributed by atoms with Gasteiger partial charge in [0.2, 0.25) is 0 Å². The standard InChI is InChI=1S/C8H10N4O/c1-12-5-4-9-8(12)7(13)6-2-3-10-11-6/h2-5,7,13H,1H3,(H,10,11). The Morgan fingerprint density at radius 1 is 1.54 bits per heavy atom. The van der Waals surface area contributed by atoms with E-state index in [2.05, 4.69) is 15.2 Å². The van der Waals surface area contributed by atoms with Crippen molar-refractivity contribution in [3.8, 4) is 0 Å². The van der Waals surface area contributed by atoms with E-state index in [1.807, 2.05) is 7.05 Å². The molecule has 0 spiro atoms. The maximum absolute atomic E-state index is 9.80. The quantitative estimate of drug-likeness (QED) is 0.691. The molecule has 5 heteroatoms. The Morgan fingerprint density at radius 2 is 2.38 bits per heavy atom. The highest BCUT2D eigenvalue weighted by molar-refractivity contribution is 5.12. The molecule has 2 N–H and O–H groups in total. The van der Waals surface area contributed by atoms with Gasteiger partial charge in [-0.05, 0) is 6.07 Å². The molecule has 2 aromatic rings. The number of nitrogens with zero attached hydrogens (tertiary/aromatic N) is 3. The minimum absolute atomic E-state index is 0.601. The van der Waals surface area contributed by atoms with Gasteiger partial charge < -0.3 is 9.67 Å². The van der Waals surface area contributed by atoms with Gasteiger partial charge in [-0.1, -0.05) is 0 Å². The third-order valence-electron chi connectivity index (χ3n) is 1.92. The average molecular weight is 178 g/mol. The highest BCUT2D eigenvalue weighted by Gasteiger charge is 2.15. The lowest BCUT2D eigenvalue weighted by molar-refractivity contribution is 0.201. The number of nitrogens with one attached hydrogen (secondary N) is 1. The summed E-state index contributed by atoms with van der Waals surface area (Å²) in [4.78, 5) is 4.04. The molecule has 68 valence electrons. The zero-order valence-electron chi connectivity index (χ0n) is 7.18. The highest BCUT2D eigenvalue weighted by atomic mass is 16.3. The number of H-pyrrole nitrogens is 1. The van der Waals surface area contributed by atoms with Crippen molar-refractivity contribution in [2.45, 2.75) is 6.10 Å². The fourth-order valence-corrected chi connectivity index (χ4v) is 1.20. The predicted molar refractivity (Wildman–Crippen MR) is 45.9 cm³/mol. The van der Waals surface area contributed by atoms with Crippen LogP contribution in [0.4, 0.5) is 0 Å². The molecule has 0 aromatic carbocycles. The summed E-state index contributed by atoms with van der Waals surface area (Å²) in [6.07, 6.45) is 4.30. The molecule has 0 radical (unpaired) electrons. The molecule has 5 nitrogen and oxygen atoms in total. The average Bonchev–Trinajstić information content (AvgIpc) is 2.72. The van der Waals surface area contributed by atoms with Crippen molar-refractivity contribution in [1.29, 1.82) is 0 Å². The molecule has 1 unspecified atom stereocenters. The van der Waals surface area contributed by atoms with Crippen LogP contribution in [0.25, 0.3) is 0 Å². The van der Waals surface area contributed by atoms with E-state index in [1.54, 1.807) is 29.2 Å². The Hall–Kier alpha value is -1.62. The van der Waals surface area contributed by atoms with E-state index in [9.17, 15) is 5.11 Å². The summed E-state index contributed by atoms with van der Waals surface area (Å²) in [7, 11) is 1.84. The first-order chi connectivity index (χ1) is 6.29. The fourth-order valence-electron chi connectivity index (χ4n) is 1.20. The van der Waals surface area contributed by atoms with Gasteiger partial charge in [0.1, 0.15) is 5.82 Å².